The van der Waals surface area contributed by atoms with Gasteiger partial charge in [0.05, 0.1) is 13.2 Å². The van der Waals surface area contributed by atoms with Crippen LogP contribution in [0.5, 0.6) is 0 Å². The Labute approximate surface area is 129 Å². The molecule has 9 nitrogen and oxygen atoms in total. The van der Waals surface area contributed by atoms with Crippen molar-refractivity contribution in [3.8, 4) is 0 Å². The second-order valence-electron chi connectivity index (χ2n) is 4.45. The van der Waals surface area contributed by atoms with E-state index in [-0.39, 0.29) is 36.3 Å². The molecule has 1 aromatic rings. The number of carbonyl (C=O) groups is 1. The van der Waals surface area contributed by atoms with Crippen LogP contribution in [0.15, 0.2) is 9.42 Å². The second-order valence-corrected chi connectivity index (χ2v) is 6.15. The van der Waals surface area contributed by atoms with Crippen LogP contribution in [0.3, 0.4) is 0 Å². The average molecular weight is 335 g/mol. The first-order valence-corrected chi connectivity index (χ1v) is 8.12. The van der Waals surface area contributed by atoms with Crippen LogP contribution < -0.4 is 10.0 Å². The molecule has 0 radical (unpaired) electrons. The predicted molar refractivity (Wildman–Crippen MR) is 76.9 cm³/mol. The van der Waals surface area contributed by atoms with Crippen LogP contribution in [0.2, 0.25) is 0 Å². The molecule has 0 fully saturated rings. The van der Waals surface area contributed by atoms with Gasteiger partial charge in [0, 0.05) is 20.2 Å². The summed E-state index contributed by atoms with van der Waals surface area (Å²) in [4.78, 5) is 11.4. The third kappa shape index (κ3) is 5.72. The topological polar surface area (TPSA) is 120 Å². The molecule has 0 spiro atoms. The number of sulfonamides is 1. The van der Waals surface area contributed by atoms with Crippen molar-refractivity contribution < 1.29 is 27.2 Å². The van der Waals surface area contributed by atoms with Gasteiger partial charge in [-0.25, -0.2) is 13.1 Å². The monoisotopic (exact) mass is 335 g/mol. The first kappa shape index (κ1) is 18.6. The molecule has 0 aliphatic carbocycles. The lowest BCUT2D eigenvalue weighted by atomic mass is 10.4. The maximum Gasteiger partial charge on any atom is 0.246 e. The third-order valence-electron chi connectivity index (χ3n) is 2.64. The fourth-order valence-electron chi connectivity index (χ4n) is 1.68. The number of amides is 1. The lowest BCUT2D eigenvalue weighted by Crippen LogP contribution is -2.36. The van der Waals surface area contributed by atoms with Crippen molar-refractivity contribution in [3.05, 3.63) is 11.5 Å². The second kappa shape index (κ2) is 8.83. The predicted octanol–water partition coefficient (Wildman–Crippen LogP) is -0.651. The summed E-state index contributed by atoms with van der Waals surface area (Å²) in [5.41, 5.74) is 0.292. The Kier molecular flexibility index (Phi) is 7.45. The third-order valence-corrected chi connectivity index (χ3v) is 4.35. The first-order valence-electron chi connectivity index (χ1n) is 6.64. The van der Waals surface area contributed by atoms with Crippen LogP contribution in [0.4, 0.5) is 0 Å². The normalized spacial score (nSPS) is 11.6. The van der Waals surface area contributed by atoms with Crippen LogP contribution in [-0.2, 0) is 24.3 Å². The maximum absolute atomic E-state index is 12.1. The molecule has 0 unspecified atom stereocenters. The fourth-order valence-corrected chi connectivity index (χ4v) is 3.03. The molecule has 0 atom stereocenters. The number of carbonyl (C=O) groups excluding carboxylic acids is 1. The Morgan fingerprint density at radius 1 is 1.27 bits per heavy atom. The number of hydrogen-bond acceptors (Lipinski definition) is 7. The molecule has 10 heteroatoms. The van der Waals surface area contributed by atoms with Gasteiger partial charge in [-0.05, 0) is 13.8 Å². The fraction of sp³-hybridized carbons (Fsp3) is 0.667. The quantitative estimate of drug-likeness (QED) is 0.545. The maximum atomic E-state index is 12.1. The summed E-state index contributed by atoms with van der Waals surface area (Å²) >= 11 is 0. The average Bonchev–Trinajstić information content (AvgIpc) is 2.80. The molecule has 0 aliphatic rings. The van der Waals surface area contributed by atoms with Crippen LogP contribution in [0.25, 0.3) is 0 Å². The summed E-state index contributed by atoms with van der Waals surface area (Å²) in [6.07, 6.45) is 0. The molecule has 1 amide bonds. The summed E-state index contributed by atoms with van der Waals surface area (Å²) in [6.45, 7) is 3.90. The standard InChI is InChI=1S/C12H21N3O6S/c1-9-12(10(2)21-15-9)22(17,18)14-5-4-13-11(16)8-20-7-6-19-3/h14H,4-8H2,1-3H3,(H,13,16). The van der Waals surface area contributed by atoms with E-state index in [1.165, 1.54) is 14.0 Å². The van der Waals surface area contributed by atoms with Crippen LogP contribution in [0.1, 0.15) is 11.5 Å². The largest absolute Gasteiger partial charge is 0.382 e. The number of nitrogens with zero attached hydrogens (tertiary/aromatic N) is 1. The van der Waals surface area contributed by atoms with E-state index in [0.717, 1.165) is 0 Å². The van der Waals surface area contributed by atoms with Gasteiger partial charge >= 0.3 is 0 Å². The van der Waals surface area contributed by atoms with Crippen molar-refractivity contribution in [3.63, 3.8) is 0 Å². The van der Waals surface area contributed by atoms with Crippen molar-refractivity contribution in [2.75, 3.05) is 40.0 Å². The van der Waals surface area contributed by atoms with Gasteiger partial charge in [0.1, 0.15) is 17.2 Å². The van der Waals surface area contributed by atoms with Crippen molar-refractivity contribution >= 4 is 15.9 Å². The van der Waals surface area contributed by atoms with Gasteiger partial charge < -0.3 is 19.3 Å². The van der Waals surface area contributed by atoms with E-state index in [4.69, 9.17) is 14.0 Å². The molecule has 22 heavy (non-hydrogen) atoms. The highest BCUT2D eigenvalue weighted by Crippen LogP contribution is 2.17. The zero-order valence-corrected chi connectivity index (χ0v) is 13.7. The van der Waals surface area contributed by atoms with E-state index in [0.29, 0.717) is 18.9 Å². The van der Waals surface area contributed by atoms with Crippen LogP contribution in [-0.4, -0.2) is 59.5 Å². The minimum Gasteiger partial charge on any atom is -0.382 e. The highest BCUT2D eigenvalue weighted by atomic mass is 32.2. The van der Waals surface area contributed by atoms with Gasteiger partial charge in [0.15, 0.2) is 5.76 Å². The van der Waals surface area contributed by atoms with Crippen LogP contribution >= 0.6 is 0 Å². The molecule has 0 saturated carbocycles. The lowest BCUT2D eigenvalue weighted by Gasteiger charge is -2.08. The number of rotatable bonds is 10. The smallest absolute Gasteiger partial charge is 0.246 e. The van der Waals surface area contributed by atoms with Crippen molar-refractivity contribution in [2.45, 2.75) is 18.7 Å². The van der Waals surface area contributed by atoms with Crippen LogP contribution in [0, 0.1) is 13.8 Å². The zero-order chi connectivity index (χ0) is 16.6. The number of nitrogens with one attached hydrogen (secondary N) is 2. The molecule has 0 aromatic carbocycles. The van der Waals surface area contributed by atoms with E-state index in [9.17, 15) is 13.2 Å². The number of aryl methyl sites for hydroxylation is 2. The molecule has 0 bridgehead atoms. The van der Waals surface area contributed by atoms with E-state index < -0.39 is 10.0 Å². The summed E-state index contributed by atoms with van der Waals surface area (Å²) in [5, 5.41) is 6.13. The molecule has 1 aromatic heterocycles. The van der Waals surface area contributed by atoms with E-state index >= 15 is 0 Å². The van der Waals surface area contributed by atoms with Gasteiger partial charge in [0.25, 0.3) is 0 Å². The number of aromatic nitrogens is 1. The Hall–Kier alpha value is -1.49. The SMILES string of the molecule is COCCOCC(=O)NCCNS(=O)(=O)c1c(C)noc1C. The van der Waals surface area contributed by atoms with E-state index in [2.05, 4.69) is 15.2 Å². The van der Waals surface area contributed by atoms with Gasteiger partial charge in [-0.2, -0.15) is 0 Å². The minimum atomic E-state index is -3.71. The van der Waals surface area contributed by atoms with Gasteiger partial charge in [0.2, 0.25) is 15.9 Å². The van der Waals surface area contributed by atoms with Crippen molar-refractivity contribution in [1.29, 1.82) is 0 Å². The van der Waals surface area contributed by atoms with Gasteiger partial charge in [-0.3, -0.25) is 4.79 Å². The van der Waals surface area contributed by atoms with E-state index in [1.54, 1.807) is 6.92 Å². The first-order chi connectivity index (χ1) is 10.4. The minimum absolute atomic E-state index is 0.0294. The molecular formula is C12H21N3O6S. The Morgan fingerprint density at radius 2 is 2.00 bits per heavy atom. The highest BCUT2D eigenvalue weighted by Gasteiger charge is 2.23. The summed E-state index contributed by atoms with van der Waals surface area (Å²) < 4.78 is 41.1. The van der Waals surface area contributed by atoms with Gasteiger partial charge in [-0.1, -0.05) is 5.16 Å². The molecule has 1 rings (SSSR count). The highest BCUT2D eigenvalue weighted by molar-refractivity contribution is 7.89. The molecule has 0 saturated heterocycles. The molecule has 2 N–H and O–H groups in total. The number of hydrogen-bond donors (Lipinski definition) is 2. The van der Waals surface area contributed by atoms with Crippen molar-refractivity contribution in [1.82, 2.24) is 15.2 Å². The molecule has 1 heterocycles. The Morgan fingerprint density at radius 3 is 2.59 bits per heavy atom. The Bertz CT molecular complexity index is 564. The number of methoxy groups -OCH3 is 1. The Balaban J connectivity index is 2.31. The summed E-state index contributed by atoms with van der Waals surface area (Å²) in [7, 11) is -2.17. The molecule has 126 valence electrons. The molecular weight excluding hydrogens is 314 g/mol. The summed E-state index contributed by atoms with van der Waals surface area (Å²) in [6, 6.07) is 0. The van der Waals surface area contributed by atoms with Gasteiger partial charge in [-0.15, -0.1) is 0 Å². The zero-order valence-electron chi connectivity index (χ0n) is 12.8. The number of ether oxygens (including phenoxy) is 2. The summed E-state index contributed by atoms with van der Waals surface area (Å²) in [5.74, 6) is -0.104. The molecule has 0 aliphatic heterocycles. The van der Waals surface area contributed by atoms with Crippen molar-refractivity contribution in [2.24, 2.45) is 0 Å². The van der Waals surface area contributed by atoms with E-state index in [1.807, 2.05) is 0 Å². The lowest BCUT2D eigenvalue weighted by molar-refractivity contribution is -0.126.